The van der Waals surface area contributed by atoms with Crippen molar-refractivity contribution in [1.29, 1.82) is 5.26 Å². The number of hydrogen-bond acceptors (Lipinski definition) is 4. The van der Waals surface area contributed by atoms with E-state index >= 15 is 0 Å². The van der Waals surface area contributed by atoms with Gasteiger partial charge in [-0.1, -0.05) is 0 Å². The number of hydrogen-bond donors (Lipinski definition) is 2. The van der Waals surface area contributed by atoms with Gasteiger partial charge >= 0.3 is 0 Å². The maximum Gasteiger partial charge on any atom is 0.271 e. The zero-order chi connectivity index (χ0) is 11.3. The highest BCUT2D eigenvalue weighted by molar-refractivity contribution is 5.92. The largest absolute Gasteiger partial charge is 0.382 e. The third kappa shape index (κ3) is 2.71. The summed E-state index contributed by atoms with van der Waals surface area (Å²) in [5.74, 6) is 0.103. The summed E-state index contributed by atoms with van der Waals surface area (Å²) in [6, 6.07) is 3.48. The van der Waals surface area contributed by atoms with Crippen LogP contribution < -0.4 is 5.73 Å². The van der Waals surface area contributed by atoms with E-state index < -0.39 is 0 Å². The minimum Gasteiger partial charge on any atom is -0.382 e. The lowest BCUT2D eigenvalue weighted by Crippen LogP contribution is -2.31. The number of carbonyl (C=O) groups is 1. The van der Waals surface area contributed by atoms with E-state index in [1.165, 1.54) is 6.07 Å². The van der Waals surface area contributed by atoms with Crippen molar-refractivity contribution < 1.29 is 4.79 Å². The average Bonchev–Trinajstić information content (AvgIpc) is 2.65. The minimum atomic E-state index is -0.183. The second-order valence-electron chi connectivity index (χ2n) is 3.00. The Labute approximate surface area is 87.7 Å². The van der Waals surface area contributed by atoms with Crippen LogP contribution in [-0.2, 0) is 0 Å². The third-order valence-electron chi connectivity index (χ3n) is 1.99. The molecule has 0 unspecified atom stereocenters. The van der Waals surface area contributed by atoms with Gasteiger partial charge in [-0.3, -0.25) is 9.89 Å². The molecule has 0 aliphatic rings. The number of carbonyl (C=O) groups excluding carboxylic acids is 1. The molecule has 1 amide bonds. The number of nitrogens with two attached hydrogens (primary N) is 1. The molecule has 0 bridgehead atoms. The number of aromatic nitrogens is 2. The van der Waals surface area contributed by atoms with Crippen molar-refractivity contribution in [1.82, 2.24) is 15.1 Å². The first-order valence-corrected chi connectivity index (χ1v) is 4.66. The fourth-order valence-electron chi connectivity index (χ4n) is 1.21. The lowest BCUT2D eigenvalue weighted by Gasteiger charge is -2.17. The molecule has 0 spiro atoms. The van der Waals surface area contributed by atoms with Crippen molar-refractivity contribution >= 4 is 11.7 Å². The average molecular weight is 207 g/mol. The molecule has 1 aromatic rings. The number of aromatic amines is 1. The SMILES string of the molecule is CCN(CCC#N)C(=O)c1cc(N)n[nH]1. The molecule has 0 radical (unpaired) electrons. The summed E-state index contributed by atoms with van der Waals surface area (Å²) in [4.78, 5) is 13.4. The van der Waals surface area contributed by atoms with Crippen LogP contribution in [-0.4, -0.2) is 34.1 Å². The molecule has 0 atom stereocenters. The van der Waals surface area contributed by atoms with Gasteiger partial charge in [-0.2, -0.15) is 10.4 Å². The Bertz CT molecular complexity index is 378. The van der Waals surface area contributed by atoms with Crippen molar-refractivity contribution in [3.8, 4) is 6.07 Å². The number of anilines is 1. The molecular weight excluding hydrogens is 194 g/mol. The summed E-state index contributed by atoms with van der Waals surface area (Å²) in [5.41, 5.74) is 5.75. The van der Waals surface area contributed by atoms with Gasteiger partial charge in [0.1, 0.15) is 11.5 Å². The predicted molar refractivity (Wildman–Crippen MR) is 54.8 cm³/mol. The third-order valence-corrected chi connectivity index (χ3v) is 1.99. The van der Waals surface area contributed by atoms with E-state index in [4.69, 9.17) is 11.0 Å². The van der Waals surface area contributed by atoms with Crippen LogP contribution in [0, 0.1) is 11.3 Å². The van der Waals surface area contributed by atoms with Crippen molar-refractivity contribution in [2.24, 2.45) is 0 Å². The molecule has 1 heterocycles. The zero-order valence-corrected chi connectivity index (χ0v) is 8.53. The molecule has 80 valence electrons. The van der Waals surface area contributed by atoms with Crippen molar-refractivity contribution in [3.63, 3.8) is 0 Å². The zero-order valence-electron chi connectivity index (χ0n) is 8.53. The van der Waals surface area contributed by atoms with Crippen LogP contribution in [0.1, 0.15) is 23.8 Å². The molecule has 0 saturated heterocycles. The van der Waals surface area contributed by atoms with Crippen molar-refractivity contribution in [2.75, 3.05) is 18.8 Å². The lowest BCUT2D eigenvalue weighted by molar-refractivity contribution is 0.0762. The summed E-state index contributed by atoms with van der Waals surface area (Å²) in [7, 11) is 0. The van der Waals surface area contributed by atoms with Crippen LogP contribution >= 0.6 is 0 Å². The maximum atomic E-state index is 11.8. The monoisotopic (exact) mass is 207 g/mol. The molecule has 0 aliphatic carbocycles. The molecule has 15 heavy (non-hydrogen) atoms. The van der Waals surface area contributed by atoms with Gasteiger partial charge in [-0.25, -0.2) is 0 Å². The first-order valence-electron chi connectivity index (χ1n) is 4.66. The number of nitrogen functional groups attached to an aromatic ring is 1. The number of nitrogens with zero attached hydrogens (tertiary/aromatic N) is 3. The van der Waals surface area contributed by atoms with Gasteiger partial charge in [0, 0.05) is 19.2 Å². The Hall–Kier alpha value is -2.03. The lowest BCUT2D eigenvalue weighted by atomic mass is 10.3. The van der Waals surface area contributed by atoms with Crippen LogP contribution in [0.4, 0.5) is 5.82 Å². The van der Waals surface area contributed by atoms with Crippen molar-refractivity contribution in [2.45, 2.75) is 13.3 Å². The summed E-state index contributed by atoms with van der Waals surface area (Å²) in [6.07, 6.45) is 0.323. The van der Waals surface area contributed by atoms with Gasteiger partial charge in [0.2, 0.25) is 0 Å². The number of nitriles is 1. The van der Waals surface area contributed by atoms with Gasteiger partial charge in [0.25, 0.3) is 5.91 Å². The fourth-order valence-corrected chi connectivity index (χ4v) is 1.21. The van der Waals surface area contributed by atoms with Gasteiger partial charge in [0.15, 0.2) is 0 Å². The standard InChI is InChI=1S/C9H13N5O/c1-2-14(5-3-4-10)9(15)7-6-8(11)13-12-7/h6H,2-3,5H2,1H3,(H3,11,12,13). The number of nitrogens with one attached hydrogen (secondary N) is 1. The van der Waals surface area contributed by atoms with E-state index in [9.17, 15) is 4.79 Å². The van der Waals surface area contributed by atoms with Gasteiger partial charge in [-0.05, 0) is 6.92 Å². The van der Waals surface area contributed by atoms with E-state index in [0.717, 1.165) is 0 Å². The molecule has 6 heteroatoms. The Kier molecular flexibility index (Phi) is 3.68. The Morgan fingerprint density at radius 2 is 2.53 bits per heavy atom. The molecule has 3 N–H and O–H groups in total. The number of H-pyrrole nitrogens is 1. The fraction of sp³-hybridized carbons (Fsp3) is 0.444. The van der Waals surface area contributed by atoms with E-state index in [1.807, 2.05) is 13.0 Å². The molecule has 0 saturated carbocycles. The minimum absolute atomic E-state index is 0.183. The molecule has 1 aromatic heterocycles. The second kappa shape index (κ2) is 5.00. The normalized spacial score (nSPS) is 9.60. The van der Waals surface area contributed by atoms with Crippen LogP contribution in [0.15, 0.2) is 6.07 Å². The van der Waals surface area contributed by atoms with Gasteiger partial charge < -0.3 is 10.6 Å². The smallest absolute Gasteiger partial charge is 0.271 e. The second-order valence-corrected chi connectivity index (χ2v) is 3.00. The summed E-state index contributed by atoms with van der Waals surface area (Å²) < 4.78 is 0. The van der Waals surface area contributed by atoms with E-state index in [1.54, 1.807) is 4.90 Å². The molecule has 6 nitrogen and oxygen atoms in total. The summed E-state index contributed by atoms with van der Waals surface area (Å²) >= 11 is 0. The van der Waals surface area contributed by atoms with E-state index in [-0.39, 0.29) is 11.7 Å². The Balaban J connectivity index is 2.69. The summed E-state index contributed by atoms with van der Waals surface area (Å²) in [6.45, 7) is 2.83. The molecule has 0 aromatic carbocycles. The van der Waals surface area contributed by atoms with Gasteiger partial charge in [0.05, 0.1) is 12.5 Å². The first kappa shape index (κ1) is 11.0. The van der Waals surface area contributed by atoms with E-state index in [0.29, 0.717) is 25.2 Å². The maximum absolute atomic E-state index is 11.8. The molecule has 0 aliphatic heterocycles. The van der Waals surface area contributed by atoms with Crippen LogP contribution in [0.3, 0.4) is 0 Å². The Morgan fingerprint density at radius 1 is 1.80 bits per heavy atom. The number of amides is 1. The summed E-state index contributed by atoms with van der Waals surface area (Å²) in [5, 5.41) is 14.7. The molecule has 1 rings (SSSR count). The molecule has 0 fully saturated rings. The number of rotatable bonds is 4. The molecular formula is C9H13N5O. The first-order chi connectivity index (χ1) is 7.19. The topological polar surface area (TPSA) is 98.8 Å². The Morgan fingerprint density at radius 3 is 3.00 bits per heavy atom. The highest BCUT2D eigenvalue weighted by Crippen LogP contribution is 2.05. The van der Waals surface area contributed by atoms with Crippen LogP contribution in [0.5, 0.6) is 0 Å². The predicted octanol–water partition coefficient (Wildman–Crippen LogP) is 0.368. The van der Waals surface area contributed by atoms with Gasteiger partial charge in [-0.15, -0.1) is 0 Å². The van der Waals surface area contributed by atoms with E-state index in [2.05, 4.69) is 10.2 Å². The highest BCUT2D eigenvalue weighted by atomic mass is 16.2. The quantitative estimate of drug-likeness (QED) is 0.744. The van der Waals surface area contributed by atoms with Crippen LogP contribution in [0.2, 0.25) is 0 Å². The highest BCUT2D eigenvalue weighted by Gasteiger charge is 2.15. The van der Waals surface area contributed by atoms with Crippen molar-refractivity contribution in [3.05, 3.63) is 11.8 Å². The van der Waals surface area contributed by atoms with Crippen LogP contribution in [0.25, 0.3) is 0 Å².